The van der Waals surface area contributed by atoms with Gasteiger partial charge >= 0.3 is 6.09 Å². The number of methoxy groups -OCH3 is 1. The van der Waals surface area contributed by atoms with Gasteiger partial charge in [-0.25, -0.2) is 9.78 Å². The van der Waals surface area contributed by atoms with Gasteiger partial charge in [-0.2, -0.15) is 5.10 Å². The van der Waals surface area contributed by atoms with Gasteiger partial charge in [-0.1, -0.05) is 42.3 Å². The normalized spacial score (nSPS) is 20.1. The highest BCUT2D eigenvalue weighted by Crippen LogP contribution is 2.46. The highest BCUT2D eigenvalue weighted by Gasteiger charge is 2.43. The van der Waals surface area contributed by atoms with Crippen molar-refractivity contribution in [2.45, 2.75) is 39.3 Å². The number of carbonyl (C=O) groups is 1. The van der Waals surface area contributed by atoms with E-state index in [0.29, 0.717) is 42.6 Å². The van der Waals surface area contributed by atoms with Crippen LogP contribution < -0.4 is 4.74 Å². The number of aryl methyl sites for hydroxylation is 2. The minimum absolute atomic E-state index is 0.0778. The molecule has 1 N–H and O–H groups in total. The van der Waals surface area contributed by atoms with Gasteiger partial charge in [0.15, 0.2) is 5.76 Å². The first kappa shape index (κ1) is 27.9. The summed E-state index contributed by atoms with van der Waals surface area (Å²) in [4.78, 5) is 23.2. The zero-order valence-corrected chi connectivity index (χ0v) is 24.7. The molecule has 3 unspecified atom stereocenters. The molecule has 6 rings (SSSR count). The maximum Gasteiger partial charge on any atom is 0.415 e. The van der Waals surface area contributed by atoms with Crippen molar-refractivity contribution in [3.63, 3.8) is 0 Å². The predicted octanol–water partition coefficient (Wildman–Crippen LogP) is 6.61. The number of halogens is 1. The standard InChI is InChI=1S/C32H34ClN5O4/c1-20-5-8-23(9-6-20)42-32(39)38-15-13-25-26-17-22(33)7-11-27(26)36-29(25)30(38)24-10-12-28(31(40-3)21(24)2)41-16-4-14-37-19-34-18-35-37/h5-12,17-19,21,24,30,36H,4,13-16H2,1-3H3. The molecule has 0 spiro atoms. The molecular weight excluding hydrogens is 554 g/mol. The smallest absolute Gasteiger partial charge is 0.415 e. The van der Waals surface area contributed by atoms with Gasteiger partial charge in [0.2, 0.25) is 0 Å². The Bertz CT molecular complexity index is 1630. The number of amides is 1. The second-order valence-corrected chi connectivity index (χ2v) is 11.2. The van der Waals surface area contributed by atoms with Gasteiger partial charge in [-0.3, -0.25) is 9.58 Å². The fourth-order valence-electron chi connectivity index (χ4n) is 6.05. The van der Waals surface area contributed by atoms with Crippen molar-refractivity contribution >= 4 is 28.6 Å². The summed E-state index contributed by atoms with van der Waals surface area (Å²) in [5.74, 6) is 1.79. The molecule has 0 fully saturated rings. The SMILES string of the molecule is COC1=C(OCCCn2cncn2)C=CC(C2c3[nH]c4ccc(Cl)cc4c3CCN2C(=O)Oc2ccc(C)cc2)C1C. The van der Waals surface area contributed by atoms with Crippen LogP contribution >= 0.6 is 11.6 Å². The Kier molecular flexibility index (Phi) is 7.93. The average Bonchev–Trinajstić information content (AvgIpc) is 3.64. The molecule has 9 nitrogen and oxygen atoms in total. The van der Waals surface area contributed by atoms with Gasteiger partial charge in [-0.15, -0.1) is 0 Å². The molecule has 3 atom stereocenters. The van der Waals surface area contributed by atoms with Crippen molar-refractivity contribution < 1.29 is 19.0 Å². The van der Waals surface area contributed by atoms with Crippen LogP contribution in [0.4, 0.5) is 4.79 Å². The fourth-order valence-corrected chi connectivity index (χ4v) is 6.22. The molecule has 2 aliphatic rings. The van der Waals surface area contributed by atoms with Crippen molar-refractivity contribution in [1.29, 1.82) is 0 Å². The molecule has 10 heteroatoms. The average molecular weight is 588 g/mol. The highest BCUT2D eigenvalue weighted by molar-refractivity contribution is 6.31. The molecule has 218 valence electrons. The molecule has 0 radical (unpaired) electrons. The third-order valence-corrected chi connectivity index (χ3v) is 8.37. The summed E-state index contributed by atoms with van der Waals surface area (Å²) >= 11 is 6.39. The molecular formula is C32H34ClN5O4. The molecule has 42 heavy (non-hydrogen) atoms. The van der Waals surface area contributed by atoms with E-state index in [1.165, 1.54) is 11.9 Å². The Labute approximate surface area is 249 Å². The molecule has 0 saturated heterocycles. The summed E-state index contributed by atoms with van der Waals surface area (Å²) in [6, 6.07) is 13.1. The first-order chi connectivity index (χ1) is 20.4. The van der Waals surface area contributed by atoms with E-state index in [1.54, 1.807) is 18.1 Å². The number of aromatic nitrogens is 4. The zero-order chi connectivity index (χ0) is 29.2. The number of carbonyl (C=O) groups excluding carboxylic acids is 1. The molecule has 3 heterocycles. The van der Waals surface area contributed by atoms with Crippen LogP contribution in [0.5, 0.6) is 5.75 Å². The van der Waals surface area contributed by atoms with E-state index in [1.807, 2.05) is 60.4 Å². The van der Waals surface area contributed by atoms with Crippen LogP contribution in [0.15, 0.2) is 78.8 Å². The Morgan fingerprint density at radius 3 is 2.79 bits per heavy atom. The van der Waals surface area contributed by atoms with Crippen LogP contribution in [0.3, 0.4) is 0 Å². The van der Waals surface area contributed by atoms with Crippen LogP contribution in [0.1, 0.15) is 36.2 Å². The minimum atomic E-state index is -0.384. The van der Waals surface area contributed by atoms with Crippen molar-refractivity contribution in [2.24, 2.45) is 11.8 Å². The van der Waals surface area contributed by atoms with Crippen LogP contribution in [-0.2, 0) is 22.4 Å². The lowest BCUT2D eigenvalue weighted by Crippen LogP contribution is -2.46. The largest absolute Gasteiger partial charge is 0.497 e. The molecule has 1 amide bonds. The number of H-pyrrole nitrogens is 1. The minimum Gasteiger partial charge on any atom is -0.497 e. The summed E-state index contributed by atoms with van der Waals surface area (Å²) in [6.07, 6.45) is 8.39. The summed E-state index contributed by atoms with van der Waals surface area (Å²) in [5.41, 5.74) is 4.27. The van der Waals surface area contributed by atoms with Crippen LogP contribution in [0.25, 0.3) is 10.9 Å². The monoisotopic (exact) mass is 587 g/mol. The maximum absolute atomic E-state index is 13.7. The molecule has 4 aromatic rings. The predicted molar refractivity (Wildman–Crippen MR) is 160 cm³/mol. The van der Waals surface area contributed by atoms with Gasteiger partial charge in [0.05, 0.1) is 19.8 Å². The van der Waals surface area contributed by atoms with E-state index in [2.05, 4.69) is 28.1 Å². The van der Waals surface area contributed by atoms with Crippen molar-refractivity contribution in [1.82, 2.24) is 24.6 Å². The molecule has 0 saturated carbocycles. The summed E-state index contributed by atoms with van der Waals surface area (Å²) in [5, 5.41) is 5.91. The first-order valence-electron chi connectivity index (χ1n) is 14.2. The number of hydrogen-bond donors (Lipinski definition) is 1. The van der Waals surface area contributed by atoms with Crippen LogP contribution in [0, 0.1) is 18.8 Å². The topological polar surface area (TPSA) is 94.5 Å². The number of aromatic amines is 1. The van der Waals surface area contributed by atoms with E-state index in [9.17, 15) is 4.79 Å². The number of rotatable bonds is 8. The number of nitrogens with one attached hydrogen (secondary N) is 1. The summed E-state index contributed by atoms with van der Waals surface area (Å²) < 4.78 is 19.8. The quantitative estimate of drug-likeness (QED) is 0.233. The van der Waals surface area contributed by atoms with E-state index < -0.39 is 0 Å². The third kappa shape index (κ3) is 5.48. The molecule has 1 aliphatic carbocycles. The maximum atomic E-state index is 13.7. The fraction of sp³-hybridized carbons (Fsp3) is 0.344. The Morgan fingerprint density at radius 1 is 1.19 bits per heavy atom. The lowest BCUT2D eigenvalue weighted by molar-refractivity contribution is 0.0871. The molecule has 2 aromatic heterocycles. The summed E-state index contributed by atoms with van der Waals surface area (Å²) in [6.45, 7) is 5.85. The van der Waals surface area contributed by atoms with Gasteiger partial charge in [0, 0.05) is 53.0 Å². The van der Waals surface area contributed by atoms with E-state index in [4.69, 9.17) is 25.8 Å². The zero-order valence-electron chi connectivity index (χ0n) is 23.9. The Hall–Kier alpha value is -4.24. The second-order valence-electron chi connectivity index (χ2n) is 10.8. The number of allylic oxidation sites excluding steroid dienone is 2. The third-order valence-electron chi connectivity index (χ3n) is 8.14. The van der Waals surface area contributed by atoms with Crippen molar-refractivity contribution in [3.05, 3.63) is 101 Å². The van der Waals surface area contributed by atoms with Gasteiger partial charge < -0.3 is 19.2 Å². The first-order valence-corrected chi connectivity index (χ1v) is 14.6. The number of ether oxygens (including phenoxy) is 3. The number of hydrogen-bond acceptors (Lipinski definition) is 6. The lowest BCUT2D eigenvalue weighted by atomic mass is 9.78. The van der Waals surface area contributed by atoms with Gasteiger partial charge in [0.1, 0.15) is 24.2 Å². The molecule has 1 aliphatic heterocycles. The number of fused-ring (bicyclic) bond motifs is 3. The number of nitrogens with zero attached hydrogens (tertiary/aromatic N) is 4. The lowest BCUT2D eigenvalue weighted by Gasteiger charge is -2.42. The molecule has 0 bridgehead atoms. The molecule has 2 aromatic carbocycles. The Balaban J connectivity index is 1.29. The van der Waals surface area contributed by atoms with E-state index in [0.717, 1.165) is 34.3 Å². The van der Waals surface area contributed by atoms with Gasteiger partial charge in [0.25, 0.3) is 0 Å². The highest BCUT2D eigenvalue weighted by atomic mass is 35.5. The Morgan fingerprint density at radius 2 is 2.02 bits per heavy atom. The van der Waals surface area contributed by atoms with Crippen LogP contribution in [0.2, 0.25) is 5.02 Å². The number of benzene rings is 2. The van der Waals surface area contributed by atoms with Crippen molar-refractivity contribution in [2.75, 3.05) is 20.3 Å². The van der Waals surface area contributed by atoms with E-state index in [-0.39, 0.29) is 24.0 Å². The van der Waals surface area contributed by atoms with Crippen molar-refractivity contribution in [3.8, 4) is 5.75 Å². The van der Waals surface area contributed by atoms with Gasteiger partial charge in [-0.05, 0) is 55.3 Å². The van der Waals surface area contributed by atoms with E-state index >= 15 is 0 Å². The second kappa shape index (κ2) is 11.9. The summed E-state index contributed by atoms with van der Waals surface area (Å²) in [7, 11) is 1.67. The van der Waals surface area contributed by atoms with Crippen LogP contribution in [-0.4, -0.2) is 51.0 Å².